The molecule has 1 saturated carbocycles. The van der Waals surface area contributed by atoms with Crippen molar-refractivity contribution in [1.82, 2.24) is 0 Å². The molecule has 1 fully saturated rings. The van der Waals surface area contributed by atoms with Crippen LogP contribution in [-0.4, -0.2) is 37.9 Å². The molecule has 30 heavy (non-hydrogen) atoms. The van der Waals surface area contributed by atoms with Crippen molar-refractivity contribution in [3.63, 3.8) is 0 Å². The summed E-state index contributed by atoms with van der Waals surface area (Å²) in [6.07, 6.45) is 0.826. The third-order valence-electron chi connectivity index (χ3n) is 5.06. The molecule has 0 aliphatic heterocycles. The zero-order valence-electron chi connectivity index (χ0n) is 16.0. The maximum Gasteiger partial charge on any atom is 0.255 e. The van der Waals surface area contributed by atoms with E-state index in [0.29, 0.717) is 25.7 Å². The van der Waals surface area contributed by atoms with E-state index in [1.54, 1.807) is 0 Å². The van der Waals surface area contributed by atoms with E-state index in [2.05, 4.69) is 5.32 Å². The normalized spacial score (nSPS) is 19.4. The minimum absolute atomic E-state index is 0.0162. The lowest BCUT2D eigenvalue weighted by atomic mass is 9.97. The summed E-state index contributed by atoms with van der Waals surface area (Å²) in [7, 11) is -2.66. The van der Waals surface area contributed by atoms with Crippen molar-refractivity contribution >= 4 is 33.0 Å². The number of aliphatic hydroxyl groups excluding tert-OH is 1. The fraction of sp³-hybridized carbons (Fsp3) is 0.350. The van der Waals surface area contributed by atoms with Gasteiger partial charge in [0, 0.05) is 23.4 Å². The van der Waals surface area contributed by atoms with Gasteiger partial charge in [-0.05, 0) is 43.9 Å². The molecule has 1 aliphatic rings. The smallest absolute Gasteiger partial charge is 0.255 e. The number of hydrogen-bond acceptors (Lipinski definition) is 5. The van der Waals surface area contributed by atoms with E-state index in [-0.39, 0.29) is 26.9 Å². The molecule has 2 aromatic rings. The van der Waals surface area contributed by atoms with Crippen molar-refractivity contribution in [3.8, 4) is 5.75 Å². The van der Waals surface area contributed by atoms with E-state index in [4.69, 9.17) is 16.3 Å². The van der Waals surface area contributed by atoms with E-state index in [9.17, 15) is 27.1 Å². The molecular formula is C20H20ClF2NO5S. The fourth-order valence-corrected chi connectivity index (χ4v) is 5.71. The van der Waals surface area contributed by atoms with Gasteiger partial charge in [-0.15, -0.1) is 0 Å². The largest absolute Gasteiger partial charge is 0.493 e. The van der Waals surface area contributed by atoms with Gasteiger partial charge in [-0.25, -0.2) is 12.8 Å². The fourth-order valence-electron chi connectivity index (χ4n) is 3.39. The monoisotopic (exact) mass is 459 g/mol. The lowest BCUT2D eigenvalue weighted by molar-refractivity contribution is 0.102. The van der Waals surface area contributed by atoms with Gasteiger partial charge in [0.25, 0.3) is 5.91 Å². The number of carbonyl (C=O) groups excluding carboxylic acids is 1. The summed E-state index contributed by atoms with van der Waals surface area (Å²) in [6.45, 7) is 0. The summed E-state index contributed by atoms with van der Waals surface area (Å²) in [5, 5.41) is 11.3. The highest BCUT2D eigenvalue weighted by Gasteiger charge is 2.33. The number of nitrogens with one attached hydrogen (secondary N) is 1. The summed E-state index contributed by atoms with van der Waals surface area (Å²) >= 11 is 6.10. The first-order valence-electron chi connectivity index (χ1n) is 9.19. The first kappa shape index (κ1) is 22.5. The van der Waals surface area contributed by atoms with Crippen molar-refractivity contribution in [2.75, 3.05) is 12.4 Å². The molecule has 2 N–H and O–H groups in total. The second-order valence-electron chi connectivity index (χ2n) is 7.05. The molecule has 3 rings (SSSR count). The van der Waals surface area contributed by atoms with E-state index < -0.39 is 38.7 Å². The Morgan fingerprint density at radius 1 is 1.17 bits per heavy atom. The molecule has 0 unspecified atom stereocenters. The van der Waals surface area contributed by atoms with Crippen LogP contribution in [0.5, 0.6) is 5.75 Å². The zero-order valence-corrected chi connectivity index (χ0v) is 17.6. The van der Waals surface area contributed by atoms with Crippen molar-refractivity contribution < 1.29 is 31.8 Å². The number of benzene rings is 2. The number of hydrogen-bond donors (Lipinski definition) is 2. The minimum Gasteiger partial charge on any atom is -0.493 e. The number of rotatable bonds is 5. The predicted octanol–water partition coefficient (Wildman–Crippen LogP) is 3.96. The van der Waals surface area contributed by atoms with Crippen LogP contribution in [0.25, 0.3) is 0 Å². The molecule has 0 heterocycles. The third kappa shape index (κ3) is 4.58. The van der Waals surface area contributed by atoms with Gasteiger partial charge in [-0.2, -0.15) is 4.39 Å². The van der Waals surface area contributed by atoms with Gasteiger partial charge in [-0.1, -0.05) is 11.6 Å². The molecule has 6 nitrogen and oxygen atoms in total. The van der Waals surface area contributed by atoms with Crippen LogP contribution in [0, 0.1) is 11.6 Å². The zero-order chi connectivity index (χ0) is 22.1. The average molecular weight is 460 g/mol. The number of halogens is 3. The lowest BCUT2D eigenvalue weighted by Crippen LogP contribution is -2.29. The number of methoxy groups -OCH3 is 1. The second kappa shape index (κ2) is 8.87. The maximum atomic E-state index is 13.7. The summed E-state index contributed by atoms with van der Waals surface area (Å²) in [5.74, 6) is -3.50. The Kier molecular flexibility index (Phi) is 6.64. The van der Waals surface area contributed by atoms with Crippen LogP contribution >= 0.6 is 11.6 Å². The average Bonchev–Trinajstić information content (AvgIpc) is 2.71. The Balaban J connectivity index is 1.88. The van der Waals surface area contributed by atoms with Gasteiger partial charge in [0.15, 0.2) is 21.4 Å². The quantitative estimate of drug-likeness (QED) is 0.706. The first-order valence-corrected chi connectivity index (χ1v) is 11.1. The Morgan fingerprint density at radius 3 is 2.47 bits per heavy atom. The van der Waals surface area contributed by atoms with Crippen LogP contribution in [0.2, 0.25) is 5.02 Å². The number of carbonyl (C=O) groups is 1. The van der Waals surface area contributed by atoms with Crippen molar-refractivity contribution in [3.05, 3.63) is 52.6 Å². The number of ether oxygens (including phenoxy) is 1. The molecule has 0 aromatic heterocycles. The molecular weight excluding hydrogens is 440 g/mol. The van der Waals surface area contributed by atoms with Crippen LogP contribution in [-0.2, 0) is 9.84 Å². The van der Waals surface area contributed by atoms with Crippen molar-refractivity contribution in [2.45, 2.75) is 41.9 Å². The molecule has 0 atom stereocenters. The standard InChI is InChI=1S/C20H20ClF2NO5S/c1-29-17-10-12(9-16(22)19(17)23)24-20(26)11-2-7-15(21)18(8-11)30(27,28)14-5-3-13(25)4-6-14/h2,7-10,13-14,25H,3-6H2,1H3,(H,24,26). The highest BCUT2D eigenvalue weighted by atomic mass is 35.5. The Hall–Kier alpha value is -2.23. The van der Waals surface area contributed by atoms with Crippen molar-refractivity contribution in [2.24, 2.45) is 0 Å². The van der Waals surface area contributed by atoms with Gasteiger partial charge in [0.2, 0.25) is 5.82 Å². The second-order valence-corrected chi connectivity index (χ2v) is 9.65. The summed E-state index contributed by atoms with van der Waals surface area (Å²) in [6, 6.07) is 5.69. The minimum atomic E-state index is -3.82. The van der Waals surface area contributed by atoms with E-state index in [1.807, 2.05) is 0 Å². The van der Waals surface area contributed by atoms with Crippen molar-refractivity contribution in [1.29, 1.82) is 0 Å². The maximum absolute atomic E-state index is 13.7. The van der Waals surface area contributed by atoms with E-state index >= 15 is 0 Å². The molecule has 162 valence electrons. The van der Waals surface area contributed by atoms with Crippen LogP contribution in [0.1, 0.15) is 36.0 Å². The van der Waals surface area contributed by atoms with Gasteiger partial charge in [0.1, 0.15) is 0 Å². The van der Waals surface area contributed by atoms with Gasteiger partial charge >= 0.3 is 0 Å². The predicted molar refractivity (Wildman–Crippen MR) is 108 cm³/mol. The van der Waals surface area contributed by atoms with E-state index in [1.165, 1.54) is 12.1 Å². The Morgan fingerprint density at radius 2 is 1.83 bits per heavy atom. The third-order valence-corrected chi connectivity index (χ3v) is 7.80. The Bertz CT molecular complexity index is 1070. The van der Waals surface area contributed by atoms with Crippen LogP contribution in [0.15, 0.2) is 35.2 Å². The van der Waals surface area contributed by atoms with Gasteiger partial charge in [0.05, 0.1) is 28.4 Å². The Labute approximate surface area is 177 Å². The molecule has 1 aliphatic carbocycles. The van der Waals surface area contributed by atoms with Crippen LogP contribution in [0.4, 0.5) is 14.5 Å². The molecule has 2 aromatic carbocycles. The first-order chi connectivity index (χ1) is 14.1. The molecule has 0 bridgehead atoms. The van der Waals surface area contributed by atoms with E-state index in [0.717, 1.165) is 25.3 Å². The number of amides is 1. The molecule has 0 saturated heterocycles. The highest BCUT2D eigenvalue weighted by molar-refractivity contribution is 7.92. The lowest BCUT2D eigenvalue weighted by Gasteiger charge is -2.25. The van der Waals surface area contributed by atoms with Crippen LogP contribution < -0.4 is 10.1 Å². The SMILES string of the molecule is COc1cc(NC(=O)c2ccc(Cl)c(S(=O)(=O)C3CCC(O)CC3)c2)cc(F)c1F. The topological polar surface area (TPSA) is 92.7 Å². The summed E-state index contributed by atoms with van der Waals surface area (Å²) < 4.78 is 58.0. The summed E-state index contributed by atoms with van der Waals surface area (Å²) in [5.41, 5.74) is -0.0751. The molecule has 1 amide bonds. The molecule has 0 radical (unpaired) electrons. The van der Waals surface area contributed by atoms with Gasteiger partial charge in [-0.3, -0.25) is 4.79 Å². The molecule has 10 heteroatoms. The van der Waals surface area contributed by atoms with Gasteiger partial charge < -0.3 is 15.2 Å². The number of sulfone groups is 1. The summed E-state index contributed by atoms with van der Waals surface area (Å²) in [4.78, 5) is 12.4. The van der Waals surface area contributed by atoms with Crippen LogP contribution in [0.3, 0.4) is 0 Å². The number of anilines is 1. The number of aliphatic hydroxyl groups is 1. The highest BCUT2D eigenvalue weighted by Crippen LogP contribution is 2.33. The molecule has 0 spiro atoms.